The molecule has 1 heterocycles. The largest absolute Gasteiger partial charge is 0.378 e. The molecule has 5 nitrogen and oxygen atoms in total. The second-order valence-corrected chi connectivity index (χ2v) is 7.23. The van der Waals surface area contributed by atoms with Crippen molar-refractivity contribution in [2.75, 3.05) is 19.6 Å². The molecule has 1 aromatic rings. The van der Waals surface area contributed by atoms with Crippen LogP contribution in [0, 0.1) is 5.92 Å². The highest BCUT2D eigenvalue weighted by molar-refractivity contribution is 5.86. The molecule has 24 heavy (non-hydrogen) atoms. The van der Waals surface area contributed by atoms with Gasteiger partial charge in [-0.25, -0.2) is 0 Å². The van der Waals surface area contributed by atoms with Gasteiger partial charge in [-0.2, -0.15) is 0 Å². The Morgan fingerprint density at radius 2 is 2.00 bits per heavy atom. The molecule has 2 aliphatic rings. The Balaban J connectivity index is 1.45. The lowest BCUT2D eigenvalue weighted by Gasteiger charge is -2.39. The fourth-order valence-electron chi connectivity index (χ4n) is 3.79. The maximum absolute atomic E-state index is 12.4. The fourth-order valence-corrected chi connectivity index (χ4v) is 3.79. The van der Waals surface area contributed by atoms with Gasteiger partial charge in [-0.1, -0.05) is 30.3 Å². The van der Waals surface area contributed by atoms with Crippen LogP contribution in [0.1, 0.15) is 44.1 Å². The van der Waals surface area contributed by atoms with Crippen LogP contribution >= 0.6 is 0 Å². The van der Waals surface area contributed by atoms with Gasteiger partial charge < -0.3 is 15.3 Å². The number of nitrogens with zero attached hydrogens (tertiary/aromatic N) is 1. The van der Waals surface area contributed by atoms with Crippen LogP contribution in [0.4, 0.5) is 0 Å². The first-order valence-corrected chi connectivity index (χ1v) is 8.79. The molecule has 1 aromatic carbocycles. The van der Waals surface area contributed by atoms with E-state index in [1.165, 1.54) is 12.5 Å². The number of β-amino-alcohol motifs (C(OH)–C–C–N with tert-alkyl or cyclic N) is 1. The van der Waals surface area contributed by atoms with E-state index < -0.39 is 5.60 Å². The Hall–Kier alpha value is -1.88. The molecule has 0 spiro atoms. The zero-order chi connectivity index (χ0) is 17.2. The van der Waals surface area contributed by atoms with Gasteiger partial charge in [0.15, 0.2) is 5.60 Å². The highest BCUT2D eigenvalue weighted by atomic mass is 16.3. The molecule has 0 bridgehead atoms. The Kier molecular flexibility index (Phi) is 4.90. The van der Waals surface area contributed by atoms with E-state index in [4.69, 9.17) is 0 Å². The van der Waals surface area contributed by atoms with Gasteiger partial charge in [0, 0.05) is 20.0 Å². The van der Waals surface area contributed by atoms with Crippen molar-refractivity contribution in [3.05, 3.63) is 35.9 Å². The van der Waals surface area contributed by atoms with Crippen molar-refractivity contribution in [1.82, 2.24) is 10.2 Å². The highest BCUT2D eigenvalue weighted by Crippen LogP contribution is 2.41. The number of likely N-dealkylation sites (tertiary alicyclic amines) is 1. The number of amides is 2. The van der Waals surface area contributed by atoms with E-state index in [-0.39, 0.29) is 18.4 Å². The summed E-state index contributed by atoms with van der Waals surface area (Å²) in [5, 5.41) is 13.5. The van der Waals surface area contributed by atoms with Gasteiger partial charge in [-0.3, -0.25) is 9.59 Å². The number of nitrogens with one attached hydrogen (secondary N) is 1. The highest BCUT2D eigenvalue weighted by Gasteiger charge is 2.41. The lowest BCUT2D eigenvalue weighted by Crippen LogP contribution is -2.58. The van der Waals surface area contributed by atoms with Crippen LogP contribution in [0.25, 0.3) is 0 Å². The molecule has 1 atom stereocenters. The molecule has 130 valence electrons. The molecule has 1 aliphatic carbocycles. The smallest absolute Gasteiger partial charge is 0.253 e. The minimum atomic E-state index is -1.44. The predicted octanol–water partition coefficient (Wildman–Crippen LogP) is 1.67. The van der Waals surface area contributed by atoms with E-state index in [0.717, 1.165) is 12.8 Å². The Morgan fingerprint density at radius 1 is 1.29 bits per heavy atom. The van der Waals surface area contributed by atoms with E-state index in [1.807, 2.05) is 6.07 Å². The molecule has 0 aromatic heterocycles. The monoisotopic (exact) mass is 330 g/mol. The summed E-state index contributed by atoms with van der Waals surface area (Å²) in [6.45, 7) is 2.80. The number of carbonyl (C=O) groups excluding carboxylic acids is 2. The number of carbonyl (C=O) groups is 2. The minimum absolute atomic E-state index is 0.0920. The minimum Gasteiger partial charge on any atom is -0.378 e. The zero-order valence-electron chi connectivity index (χ0n) is 14.2. The predicted molar refractivity (Wildman–Crippen MR) is 91.4 cm³/mol. The average Bonchev–Trinajstić information content (AvgIpc) is 2.54. The zero-order valence-corrected chi connectivity index (χ0v) is 14.2. The summed E-state index contributed by atoms with van der Waals surface area (Å²) in [5.41, 5.74) is -0.0740. The van der Waals surface area contributed by atoms with Gasteiger partial charge in [0.2, 0.25) is 5.91 Å². The van der Waals surface area contributed by atoms with Crippen LogP contribution in [0.3, 0.4) is 0 Å². The normalized spacial score (nSPS) is 29.7. The van der Waals surface area contributed by atoms with E-state index >= 15 is 0 Å². The third-order valence-corrected chi connectivity index (χ3v) is 5.40. The summed E-state index contributed by atoms with van der Waals surface area (Å²) < 4.78 is 0. The van der Waals surface area contributed by atoms with Crippen molar-refractivity contribution in [2.45, 2.75) is 44.1 Å². The lowest BCUT2D eigenvalue weighted by atomic mass is 9.71. The lowest BCUT2D eigenvalue weighted by molar-refractivity contribution is -0.150. The standard InChI is InChI=1S/C19H26N2O3/c1-14(22)21-9-5-8-19(24,13-21)18(23)20-12-15-10-17(11-15)16-6-3-2-4-7-16/h2-4,6-7,15,17,24H,5,8-13H2,1H3,(H,20,23)/t15?,17?,19-/m1/s1. The molecule has 0 unspecified atom stereocenters. The second kappa shape index (κ2) is 6.93. The summed E-state index contributed by atoms with van der Waals surface area (Å²) in [6.07, 6.45) is 3.22. The quantitative estimate of drug-likeness (QED) is 0.882. The van der Waals surface area contributed by atoms with Gasteiger partial charge >= 0.3 is 0 Å². The first kappa shape index (κ1) is 17.0. The van der Waals surface area contributed by atoms with Crippen molar-refractivity contribution in [3.8, 4) is 0 Å². The molecule has 2 N–H and O–H groups in total. The van der Waals surface area contributed by atoms with Gasteiger partial charge in [0.05, 0.1) is 6.54 Å². The van der Waals surface area contributed by atoms with Crippen molar-refractivity contribution < 1.29 is 14.7 Å². The number of hydrogen-bond donors (Lipinski definition) is 2. The molecule has 1 aliphatic heterocycles. The van der Waals surface area contributed by atoms with E-state index in [9.17, 15) is 14.7 Å². The summed E-state index contributed by atoms with van der Waals surface area (Å²) in [5.74, 6) is 0.622. The van der Waals surface area contributed by atoms with Crippen molar-refractivity contribution in [3.63, 3.8) is 0 Å². The van der Waals surface area contributed by atoms with Gasteiger partial charge in [0.1, 0.15) is 0 Å². The first-order chi connectivity index (χ1) is 11.5. The van der Waals surface area contributed by atoms with Crippen LogP contribution in [0.2, 0.25) is 0 Å². The molecule has 1 saturated heterocycles. The fraction of sp³-hybridized carbons (Fsp3) is 0.579. The number of piperidine rings is 1. The SMILES string of the molecule is CC(=O)N1CCC[C@](O)(C(=O)NCC2CC(c3ccccc3)C2)C1. The number of benzene rings is 1. The molecular weight excluding hydrogens is 304 g/mol. The van der Waals surface area contributed by atoms with Crippen LogP contribution in [0.15, 0.2) is 30.3 Å². The number of rotatable bonds is 4. The van der Waals surface area contributed by atoms with Gasteiger partial charge in [-0.15, -0.1) is 0 Å². The van der Waals surface area contributed by atoms with Crippen molar-refractivity contribution in [2.24, 2.45) is 5.92 Å². The number of hydrogen-bond acceptors (Lipinski definition) is 3. The Morgan fingerprint density at radius 3 is 2.67 bits per heavy atom. The third kappa shape index (κ3) is 3.61. The molecule has 5 heteroatoms. The molecular formula is C19H26N2O3. The van der Waals surface area contributed by atoms with E-state index in [1.54, 1.807) is 4.90 Å². The molecule has 1 saturated carbocycles. The van der Waals surface area contributed by atoms with Crippen LogP contribution in [-0.2, 0) is 9.59 Å². The second-order valence-electron chi connectivity index (χ2n) is 7.23. The average molecular weight is 330 g/mol. The maximum atomic E-state index is 12.4. The summed E-state index contributed by atoms with van der Waals surface area (Å²) in [7, 11) is 0. The number of aliphatic hydroxyl groups is 1. The first-order valence-electron chi connectivity index (χ1n) is 8.79. The third-order valence-electron chi connectivity index (χ3n) is 5.40. The van der Waals surface area contributed by atoms with Crippen molar-refractivity contribution in [1.29, 1.82) is 0 Å². The van der Waals surface area contributed by atoms with E-state index in [0.29, 0.717) is 37.8 Å². The van der Waals surface area contributed by atoms with Gasteiger partial charge in [0.25, 0.3) is 5.91 Å². The molecule has 2 fully saturated rings. The maximum Gasteiger partial charge on any atom is 0.253 e. The topological polar surface area (TPSA) is 69.6 Å². The molecule has 3 rings (SSSR count). The Labute approximate surface area is 143 Å². The summed E-state index contributed by atoms with van der Waals surface area (Å²) in [4.78, 5) is 25.4. The van der Waals surface area contributed by atoms with Crippen LogP contribution in [-0.4, -0.2) is 47.1 Å². The van der Waals surface area contributed by atoms with Crippen LogP contribution < -0.4 is 5.32 Å². The molecule has 0 radical (unpaired) electrons. The molecule has 2 amide bonds. The van der Waals surface area contributed by atoms with Crippen molar-refractivity contribution >= 4 is 11.8 Å². The summed E-state index contributed by atoms with van der Waals surface area (Å²) in [6, 6.07) is 10.4. The van der Waals surface area contributed by atoms with Gasteiger partial charge in [-0.05, 0) is 43.1 Å². The Bertz CT molecular complexity index is 598. The van der Waals surface area contributed by atoms with Crippen LogP contribution in [0.5, 0.6) is 0 Å². The van der Waals surface area contributed by atoms with E-state index in [2.05, 4.69) is 29.6 Å². The summed E-state index contributed by atoms with van der Waals surface area (Å²) >= 11 is 0.